The van der Waals surface area contributed by atoms with E-state index in [4.69, 9.17) is 0 Å². The molecule has 0 spiro atoms. The molecule has 0 saturated carbocycles. The highest BCUT2D eigenvalue weighted by molar-refractivity contribution is 7.89. The molecule has 0 atom stereocenters. The number of aliphatic imine (C=N–C) groups is 1. The van der Waals surface area contributed by atoms with Gasteiger partial charge in [0, 0.05) is 45.7 Å². The number of carbonyl (C=O) groups excluding carboxylic acids is 1. The maximum Gasteiger partial charge on any atom is 0.242 e. The Morgan fingerprint density at radius 2 is 1.71 bits per heavy atom. The maximum atomic E-state index is 12.5. The smallest absolute Gasteiger partial charge is 0.242 e. The third-order valence-corrected chi connectivity index (χ3v) is 7.03. The van der Waals surface area contributed by atoms with Gasteiger partial charge in [-0.1, -0.05) is 42.5 Å². The molecule has 9 heteroatoms. The van der Waals surface area contributed by atoms with Gasteiger partial charge in [0.05, 0.1) is 11.4 Å². The number of sulfonamides is 1. The molecule has 0 radical (unpaired) electrons. The summed E-state index contributed by atoms with van der Waals surface area (Å²) < 4.78 is 26.3. The maximum absolute atomic E-state index is 12.5. The summed E-state index contributed by atoms with van der Waals surface area (Å²) in [5.74, 6) is 0.856. The molecule has 168 valence electrons. The van der Waals surface area contributed by atoms with E-state index in [0.29, 0.717) is 6.54 Å². The first-order valence-electron chi connectivity index (χ1n) is 10.0. The fraction of sp³-hybridized carbons (Fsp3) is 0.364. The minimum absolute atomic E-state index is 0. The average Bonchev–Trinajstić information content (AvgIpc) is 3.31. The third kappa shape index (κ3) is 6.53. The molecule has 2 aromatic rings. The van der Waals surface area contributed by atoms with Gasteiger partial charge < -0.3 is 10.2 Å². The van der Waals surface area contributed by atoms with Gasteiger partial charge in [0.25, 0.3) is 0 Å². The van der Waals surface area contributed by atoms with Crippen LogP contribution in [0.3, 0.4) is 0 Å². The second-order valence-electron chi connectivity index (χ2n) is 7.31. The van der Waals surface area contributed by atoms with Crippen molar-refractivity contribution in [1.29, 1.82) is 0 Å². The van der Waals surface area contributed by atoms with Crippen LogP contribution in [-0.2, 0) is 21.2 Å². The van der Waals surface area contributed by atoms with Gasteiger partial charge in [-0.15, -0.1) is 12.4 Å². The first-order chi connectivity index (χ1) is 14.4. The molecule has 0 unspecified atom stereocenters. The highest BCUT2D eigenvalue weighted by atomic mass is 35.5. The van der Waals surface area contributed by atoms with Crippen LogP contribution in [0.2, 0.25) is 0 Å². The average molecular weight is 465 g/mol. The van der Waals surface area contributed by atoms with E-state index in [-0.39, 0.29) is 36.2 Å². The number of benzene rings is 2. The minimum atomic E-state index is -3.58. The van der Waals surface area contributed by atoms with Crippen LogP contribution >= 0.6 is 12.4 Å². The lowest BCUT2D eigenvalue weighted by molar-refractivity contribution is -0.129. The van der Waals surface area contributed by atoms with E-state index in [1.807, 2.05) is 12.1 Å². The zero-order chi connectivity index (χ0) is 21.6. The number of likely N-dealkylation sites (N-methyl/N-ethyl adjacent to an activating group) is 1. The molecule has 1 N–H and O–H groups in total. The second kappa shape index (κ2) is 11.3. The van der Waals surface area contributed by atoms with Crippen LogP contribution in [-0.4, -0.2) is 69.6 Å². The standard InChI is InChI=1S/C22H28N4O3S.ClH/c1-25(16-12-18-8-10-19(11-9-18)22-23-14-15-24-22)21(27)13-17-26(2)30(28,29)20-6-4-3-5-7-20;/h3-11H,12-17H2,1-2H3,(H,23,24);1H. The molecular formula is C22H29ClN4O3S. The van der Waals surface area contributed by atoms with Crippen LogP contribution in [0.5, 0.6) is 0 Å². The van der Waals surface area contributed by atoms with Gasteiger partial charge in [-0.3, -0.25) is 9.79 Å². The molecule has 31 heavy (non-hydrogen) atoms. The highest BCUT2D eigenvalue weighted by Crippen LogP contribution is 2.14. The van der Waals surface area contributed by atoms with Crippen LogP contribution in [0.4, 0.5) is 0 Å². The number of hydrogen-bond donors (Lipinski definition) is 1. The van der Waals surface area contributed by atoms with E-state index >= 15 is 0 Å². The summed E-state index contributed by atoms with van der Waals surface area (Å²) in [4.78, 5) is 18.7. The van der Waals surface area contributed by atoms with E-state index in [9.17, 15) is 13.2 Å². The summed E-state index contributed by atoms with van der Waals surface area (Å²) in [6.07, 6.45) is 0.879. The number of nitrogens with zero attached hydrogens (tertiary/aromatic N) is 3. The number of amidine groups is 1. The number of halogens is 1. The fourth-order valence-electron chi connectivity index (χ4n) is 3.18. The molecule has 0 bridgehead atoms. The van der Waals surface area contributed by atoms with Crippen molar-refractivity contribution in [2.75, 3.05) is 40.3 Å². The Balaban J connectivity index is 0.00000341. The summed E-state index contributed by atoms with van der Waals surface area (Å²) in [6.45, 7) is 2.41. The Hall–Kier alpha value is -2.42. The van der Waals surface area contributed by atoms with Crippen molar-refractivity contribution in [2.24, 2.45) is 4.99 Å². The van der Waals surface area contributed by atoms with E-state index in [1.54, 1.807) is 42.3 Å². The predicted octanol–water partition coefficient (Wildman–Crippen LogP) is 2.17. The quantitative estimate of drug-likeness (QED) is 0.616. The molecule has 1 aliphatic heterocycles. The first-order valence-corrected chi connectivity index (χ1v) is 11.4. The lowest BCUT2D eigenvalue weighted by atomic mass is 10.1. The van der Waals surface area contributed by atoms with E-state index in [0.717, 1.165) is 36.5 Å². The zero-order valence-electron chi connectivity index (χ0n) is 17.8. The van der Waals surface area contributed by atoms with Crippen LogP contribution < -0.4 is 5.32 Å². The zero-order valence-corrected chi connectivity index (χ0v) is 19.5. The number of carbonyl (C=O) groups is 1. The van der Waals surface area contributed by atoms with Crippen LogP contribution in [0.15, 0.2) is 64.5 Å². The number of hydrogen-bond acceptors (Lipinski definition) is 5. The van der Waals surface area contributed by atoms with Crippen LogP contribution in [0, 0.1) is 0 Å². The fourth-order valence-corrected chi connectivity index (χ4v) is 4.37. The van der Waals surface area contributed by atoms with Gasteiger partial charge in [-0.2, -0.15) is 0 Å². The Bertz CT molecular complexity index is 995. The number of nitrogens with one attached hydrogen (secondary N) is 1. The minimum Gasteiger partial charge on any atom is -0.368 e. The molecule has 0 saturated heterocycles. The number of rotatable bonds is 9. The van der Waals surface area contributed by atoms with Crippen molar-refractivity contribution in [2.45, 2.75) is 17.7 Å². The Morgan fingerprint density at radius 3 is 2.32 bits per heavy atom. The first kappa shape index (κ1) is 24.8. The summed E-state index contributed by atoms with van der Waals surface area (Å²) in [5.41, 5.74) is 2.21. The molecule has 3 rings (SSSR count). The Morgan fingerprint density at radius 1 is 1.03 bits per heavy atom. The number of amides is 1. The molecule has 0 aromatic heterocycles. The van der Waals surface area contributed by atoms with Crippen molar-refractivity contribution < 1.29 is 13.2 Å². The Kier molecular flexibility index (Phi) is 9.03. The monoisotopic (exact) mass is 464 g/mol. The summed E-state index contributed by atoms with van der Waals surface area (Å²) >= 11 is 0. The topological polar surface area (TPSA) is 82.1 Å². The Labute approximate surface area is 190 Å². The van der Waals surface area contributed by atoms with Crippen molar-refractivity contribution in [3.63, 3.8) is 0 Å². The predicted molar refractivity (Wildman–Crippen MR) is 125 cm³/mol. The lowest BCUT2D eigenvalue weighted by Crippen LogP contribution is -2.34. The molecule has 0 fully saturated rings. The van der Waals surface area contributed by atoms with Gasteiger partial charge in [-0.05, 0) is 24.1 Å². The van der Waals surface area contributed by atoms with Gasteiger partial charge in [0.15, 0.2) is 0 Å². The lowest BCUT2D eigenvalue weighted by Gasteiger charge is -2.20. The van der Waals surface area contributed by atoms with Gasteiger partial charge in [0.2, 0.25) is 15.9 Å². The molecule has 2 aromatic carbocycles. The second-order valence-corrected chi connectivity index (χ2v) is 9.35. The van der Waals surface area contributed by atoms with Gasteiger partial charge in [0.1, 0.15) is 5.84 Å². The van der Waals surface area contributed by atoms with Crippen molar-refractivity contribution in [3.05, 3.63) is 65.7 Å². The normalized spacial score (nSPS) is 13.3. The van der Waals surface area contributed by atoms with Crippen molar-refractivity contribution >= 4 is 34.2 Å². The molecule has 1 amide bonds. The molecular weight excluding hydrogens is 436 g/mol. The summed E-state index contributed by atoms with van der Waals surface area (Å²) in [7, 11) is -0.329. The molecule has 7 nitrogen and oxygen atoms in total. The van der Waals surface area contributed by atoms with Crippen molar-refractivity contribution in [3.8, 4) is 0 Å². The molecule has 1 aliphatic rings. The summed E-state index contributed by atoms with van der Waals surface area (Å²) in [5, 5.41) is 3.25. The van der Waals surface area contributed by atoms with Gasteiger partial charge in [-0.25, -0.2) is 12.7 Å². The van der Waals surface area contributed by atoms with E-state index < -0.39 is 10.0 Å². The molecule has 1 heterocycles. The van der Waals surface area contributed by atoms with Crippen LogP contribution in [0.1, 0.15) is 17.5 Å². The largest absolute Gasteiger partial charge is 0.368 e. The summed E-state index contributed by atoms with van der Waals surface area (Å²) in [6, 6.07) is 16.4. The van der Waals surface area contributed by atoms with Crippen molar-refractivity contribution in [1.82, 2.24) is 14.5 Å². The SMILES string of the molecule is CN(CCc1ccc(C2=NCCN2)cc1)C(=O)CCN(C)S(=O)(=O)c1ccccc1.Cl. The van der Waals surface area contributed by atoms with E-state index in [1.165, 1.54) is 11.4 Å². The van der Waals surface area contributed by atoms with Gasteiger partial charge >= 0.3 is 0 Å². The van der Waals surface area contributed by atoms with Crippen LogP contribution in [0.25, 0.3) is 0 Å². The molecule has 0 aliphatic carbocycles. The van der Waals surface area contributed by atoms with E-state index in [2.05, 4.69) is 22.4 Å². The highest BCUT2D eigenvalue weighted by Gasteiger charge is 2.21. The third-order valence-electron chi connectivity index (χ3n) is 5.16.